The lowest BCUT2D eigenvalue weighted by Crippen LogP contribution is -2.39. The van der Waals surface area contributed by atoms with Gasteiger partial charge in [0.15, 0.2) is 0 Å². The zero-order chi connectivity index (χ0) is 22.5. The fourth-order valence-corrected chi connectivity index (χ4v) is 6.24. The van der Waals surface area contributed by atoms with Gasteiger partial charge in [0.1, 0.15) is 5.76 Å². The summed E-state index contributed by atoms with van der Waals surface area (Å²) in [7, 11) is 0. The van der Waals surface area contributed by atoms with Crippen molar-refractivity contribution in [3.8, 4) is 11.3 Å². The molecule has 0 bridgehead atoms. The number of nitrogens with one attached hydrogen (secondary N) is 1. The van der Waals surface area contributed by atoms with E-state index in [1.807, 2.05) is 12.3 Å². The van der Waals surface area contributed by atoms with Crippen LogP contribution in [0, 0.1) is 11.8 Å². The third kappa shape index (κ3) is 5.99. The number of fused-ring (bicyclic) bond motifs is 1. The third-order valence-corrected chi connectivity index (χ3v) is 8.30. The SMILES string of the molecule is O=C(CC1CCOCC1)NC1CCC(CCN2CCCCC2c2coc3cccc-3c2)CC1. The van der Waals surface area contributed by atoms with Crippen LogP contribution in [0.3, 0.4) is 0 Å². The molecule has 3 heterocycles. The number of hydrogen-bond acceptors (Lipinski definition) is 4. The van der Waals surface area contributed by atoms with Gasteiger partial charge in [-0.15, -0.1) is 0 Å². The first kappa shape index (κ1) is 22.9. The van der Waals surface area contributed by atoms with Crippen LogP contribution in [0.5, 0.6) is 0 Å². The quantitative estimate of drug-likeness (QED) is 0.577. The molecule has 0 aromatic heterocycles. The molecule has 180 valence electrons. The standard InChI is InChI=1S/C28H40N2O3/c31-28(18-22-12-16-32-17-13-22)29-25-9-7-21(8-10-25)11-15-30-14-2-1-5-26(30)24-19-23-4-3-6-27(23)33-20-24/h3-4,6,19-22,25-26H,1-2,5,7-18H2,(H,29,31). The Morgan fingerprint density at radius 3 is 2.70 bits per heavy atom. The Kier molecular flexibility index (Phi) is 7.67. The molecule has 0 aromatic carbocycles. The van der Waals surface area contributed by atoms with E-state index < -0.39 is 0 Å². The number of carbonyl (C=O) groups excluding carboxylic acids is 1. The maximum absolute atomic E-state index is 12.5. The van der Waals surface area contributed by atoms with E-state index in [0.717, 1.165) is 50.6 Å². The highest BCUT2D eigenvalue weighted by Crippen LogP contribution is 2.36. The van der Waals surface area contributed by atoms with Crippen LogP contribution >= 0.6 is 0 Å². The monoisotopic (exact) mass is 452 g/mol. The number of carbonyl (C=O) groups is 1. The Balaban J connectivity index is 1.07. The van der Waals surface area contributed by atoms with Gasteiger partial charge in [-0.05, 0) is 94.8 Å². The second-order valence-corrected chi connectivity index (χ2v) is 10.6. The van der Waals surface area contributed by atoms with E-state index in [4.69, 9.17) is 9.15 Å². The molecule has 1 atom stereocenters. The van der Waals surface area contributed by atoms with E-state index in [-0.39, 0.29) is 5.91 Å². The molecule has 2 saturated heterocycles. The summed E-state index contributed by atoms with van der Waals surface area (Å²) in [5.74, 6) is 2.55. The summed E-state index contributed by atoms with van der Waals surface area (Å²) in [5, 5.41) is 3.33. The Morgan fingerprint density at radius 2 is 1.85 bits per heavy atom. The van der Waals surface area contributed by atoms with E-state index in [0.29, 0.717) is 24.4 Å². The molecule has 33 heavy (non-hydrogen) atoms. The Hall–Kier alpha value is -1.85. The van der Waals surface area contributed by atoms with Gasteiger partial charge < -0.3 is 14.5 Å². The van der Waals surface area contributed by atoms with Crippen molar-refractivity contribution in [3.63, 3.8) is 0 Å². The molecule has 1 unspecified atom stereocenters. The number of nitrogens with zero attached hydrogens (tertiary/aromatic N) is 1. The van der Waals surface area contributed by atoms with Crippen molar-refractivity contribution in [2.75, 3.05) is 26.3 Å². The maximum atomic E-state index is 12.5. The molecule has 2 aliphatic carbocycles. The van der Waals surface area contributed by atoms with E-state index in [1.165, 1.54) is 62.7 Å². The van der Waals surface area contributed by atoms with Crippen molar-refractivity contribution in [2.45, 2.75) is 82.7 Å². The van der Waals surface area contributed by atoms with Gasteiger partial charge in [-0.1, -0.05) is 18.6 Å². The molecule has 1 N–H and O–H groups in total. The van der Waals surface area contributed by atoms with Crippen molar-refractivity contribution in [3.05, 3.63) is 36.1 Å². The van der Waals surface area contributed by atoms with Crippen LogP contribution in [-0.2, 0) is 9.53 Å². The van der Waals surface area contributed by atoms with E-state index in [2.05, 4.69) is 28.4 Å². The summed E-state index contributed by atoms with van der Waals surface area (Å²) in [5.41, 5.74) is 2.56. The number of rotatable bonds is 7. The minimum atomic E-state index is 0.258. The molecular weight excluding hydrogens is 412 g/mol. The summed E-state index contributed by atoms with van der Waals surface area (Å²) in [6.45, 7) is 4.01. The smallest absolute Gasteiger partial charge is 0.220 e. The zero-order valence-electron chi connectivity index (χ0n) is 20.0. The number of likely N-dealkylation sites (tertiary alicyclic amines) is 1. The molecule has 3 aliphatic heterocycles. The largest absolute Gasteiger partial charge is 0.464 e. The predicted octanol–water partition coefficient (Wildman–Crippen LogP) is 5.79. The molecule has 1 saturated carbocycles. The van der Waals surface area contributed by atoms with Gasteiger partial charge in [0.2, 0.25) is 5.91 Å². The number of amides is 1. The highest BCUT2D eigenvalue weighted by atomic mass is 16.5. The van der Waals surface area contributed by atoms with Crippen LogP contribution in [0.15, 0.2) is 34.9 Å². The van der Waals surface area contributed by atoms with Crippen LogP contribution in [-0.4, -0.2) is 43.2 Å². The van der Waals surface area contributed by atoms with Gasteiger partial charge in [0.25, 0.3) is 0 Å². The summed E-state index contributed by atoms with van der Waals surface area (Å²) in [6.07, 6.45) is 14.6. The Labute approximate surface area is 198 Å². The fraction of sp³-hybridized carbons (Fsp3) is 0.679. The van der Waals surface area contributed by atoms with Gasteiger partial charge in [-0.25, -0.2) is 0 Å². The van der Waals surface area contributed by atoms with Gasteiger partial charge in [0, 0.05) is 42.8 Å². The van der Waals surface area contributed by atoms with Crippen LogP contribution < -0.4 is 5.32 Å². The van der Waals surface area contributed by atoms with Crippen molar-refractivity contribution in [1.82, 2.24) is 10.2 Å². The molecule has 5 aliphatic rings. The molecule has 5 nitrogen and oxygen atoms in total. The highest BCUT2D eigenvalue weighted by molar-refractivity contribution is 5.76. The molecule has 5 heteroatoms. The average Bonchev–Trinajstić information content (AvgIpc) is 3.32. The molecule has 1 amide bonds. The molecule has 5 rings (SSSR count). The minimum Gasteiger partial charge on any atom is -0.464 e. The molecule has 0 radical (unpaired) electrons. The van der Waals surface area contributed by atoms with E-state index >= 15 is 0 Å². The molecule has 3 fully saturated rings. The third-order valence-electron chi connectivity index (χ3n) is 8.30. The molecular formula is C28H40N2O3. The van der Waals surface area contributed by atoms with Crippen molar-refractivity contribution < 1.29 is 13.9 Å². The van der Waals surface area contributed by atoms with Crippen molar-refractivity contribution in [1.29, 1.82) is 0 Å². The van der Waals surface area contributed by atoms with E-state index in [9.17, 15) is 4.79 Å². The normalized spacial score (nSPS) is 27.6. The lowest BCUT2D eigenvalue weighted by atomic mass is 9.83. The van der Waals surface area contributed by atoms with Crippen molar-refractivity contribution >= 4 is 5.91 Å². The van der Waals surface area contributed by atoms with Crippen LogP contribution in [0.25, 0.3) is 11.3 Å². The van der Waals surface area contributed by atoms with Crippen LogP contribution in [0.2, 0.25) is 0 Å². The first-order valence-electron chi connectivity index (χ1n) is 13.3. The zero-order valence-corrected chi connectivity index (χ0v) is 20.0. The van der Waals surface area contributed by atoms with Crippen molar-refractivity contribution in [2.24, 2.45) is 11.8 Å². The van der Waals surface area contributed by atoms with Gasteiger partial charge in [-0.3, -0.25) is 9.69 Å². The lowest BCUT2D eigenvalue weighted by molar-refractivity contribution is -0.123. The second-order valence-electron chi connectivity index (χ2n) is 10.6. The van der Waals surface area contributed by atoms with E-state index in [1.54, 1.807) is 0 Å². The van der Waals surface area contributed by atoms with Gasteiger partial charge >= 0.3 is 0 Å². The Morgan fingerprint density at radius 1 is 1.00 bits per heavy atom. The number of hydrogen-bond donors (Lipinski definition) is 1. The average molecular weight is 453 g/mol. The number of piperidine rings is 1. The maximum Gasteiger partial charge on any atom is 0.220 e. The minimum absolute atomic E-state index is 0.258. The second kappa shape index (κ2) is 11.1. The first-order chi connectivity index (χ1) is 16.2. The number of ether oxygens (including phenoxy) is 1. The summed E-state index contributed by atoms with van der Waals surface area (Å²) in [4.78, 5) is 15.2. The van der Waals surface area contributed by atoms with Gasteiger partial charge in [0.05, 0.1) is 6.26 Å². The Bertz CT molecular complexity index is 850. The first-order valence-corrected chi connectivity index (χ1v) is 13.3. The summed E-state index contributed by atoms with van der Waals surface area (Å²) < 4.78 is 11.3. The predicted molar refractivity (Wildman–Crippen MR) is 130 cm³/mol. The summed E-state index contributed by atoms with van der Waals surface area (Å²) in [6, 6.07) is 9.46. The van der Waals surface area contributed by atoms with Crippen LogP contribution in [0.1, 0.15) is 82.2 Å². The molecule has 0 aromatic rings. The fourth-order valence-electron chi connectivity index (χ4n) is 6.24. The topological polar surface area (TPSA) is 54.7 Å². The lowest BCUT2D eigenvalue weighted by Gasteiger charge is -2.37. The highest BCUT2D eigenvalue weighted by Gasteiger charge is 2.28. The summed E-state index contributed by atoms with van der Waals surface area (Å²) >= 11 is 0. The molecule has 0 spiro atoms. The van der Waals surface area contributed by atoms with Gasteiger partial charge in [-0.2, -0.15) is 0 Å². The van der Waals surface area contributed by atoms with Crippen LogP contribution in [0.4, 0.5) is 0 Å².